The summed E-state index contributed by atoms with van der Waals surface area (Å²) in [7, 11) is 1.48. The van der Waals surface area contributed by atoms with Crippen LogP contribution in [-0.2, 0) is 0 Å². The number of carbonyl (C=O) groups is 1. The molecule has 76 valence electrons. The number of aromatic hydroxyl groups is 1. The molecule has 0 aliphatic heterocycles. The Morgan fingerprint density at radius 2 is 2.07 bits per heavy atom. The number of rotatable bonds is 3. The van der Waals surface area contributed by atoms with E-state index < -0.39 is 0 Å². The zero-order chi connectivity index (χ0) is 10.7. The van der Waals surface area contributed by atoms with Gasteiger partial charge in [0, 0.05) is 5.56 Å². The van der Waals surface area contributed by atoms with Gasteiger partial charge in [-0.25, -0.2) is 0 Å². The minimum absolute atomic E-state index is 0.0753. The molecule has 0 aliphatic carbocycles. The Hall–Kier alpha value is -1.51. The SMILES string of the molecule is COc1c(C(C)C)ccc(C=O)c1O. The van der Waals surface area contributed by atoms with E-state index in [0.29, 0.717) is 12.0 Å². The first-order valence-electron chi connectivity index (χ1n) is 4.46. The molecule has 1 N–H and O–H groups in total. The van der Waals surface area contributed by atoms with Crippen molar-refractivity contribution in [1.29, 1.82) is 0 Å². The molecule has 0 atom stereocenters. The Morgan fingerprint density at radius 3 is 2.50 bits per heavy atom. The average Bonchev–Trinajstić information content (AvgIpc) is 2.17. The predicted molar refractivity (Wildman–Crippen MR) is 54.1 cm³/mol. The first-order valence-corrected chi connectivity index (χ1v) is 4.46. The molecule has 3 heteroatoms. The number of ether oxygens (including phenoxy) is 1. The topological polar surface area (TPSA) is 46.5 Å². The second-order valence-electron chi connectivity index (χ2n) is 3.40. The second kappa shape index (κ2) is 4.13. The van der Waals surface area contributed by atoms with Crippen molar-refractivity contribution in [2.45, 2.75) is 19.8 Å². The Balaban J connectivity index is 3.35. The molecule has 1 aromatic carbocycles. The van der Waals surface area contributed by atoms with Crippen molar-refractivity contribution < 1.29 is 14.6 Å². The average molecular weight is 194 g/mol. The molecular weight excluding hydrogens is 180 g/mol. The highest BCUT2D eigenvalue weighted by molar-refractivity contribution is 5.81. The molecule has 0 fully saturated rings. The number of methoxy groups -OCH3 is 1. The van der Waals surface area contributed by atoms with Crippen LogP contribution in [0.5, 0.6) is 11.5 Å². The molecule has 0 amide bonds. The standard InChI is InChI=1S/C11H14O3/c1-7(2)9-5-4-8(6-12)10(13)11(9)14-3/h4-7,13H,1-3H3. The monoisotopic (exact) mass is 194 g/mol. The molecule has 0 heterocycles. The van der Waals surface area contributed by atoms with Crippen LogP contribution in [0.15, 0.2) is 12.1 Å². The van der Waals surface area contributed by atoms with E-state index in [9.17, 15) is 9.90 Å². The van der Waals surface area contributed by atoms with Gasteiger partial charge in [-0.2, -0.15) is 0 Å². The maximum atomic E-state index is 10.6. The first kappa shape index (κ1) is 10.6. The van der Waals surface area contributed by atoms with E-state index >= 15 is 0 Å². The number of hydrogen-bond acceptors (Lipinski definition) is 3. The maximum absolute atomic E-state index is 10.6. The molecule has 3 nitrogen and oxygen atoms in total. The van der Waals surface area contributed by atoms with E-state index in [1.165, 1.54) is 7.11 Å². The van der Waals surface area contributed by atoms with Gasteiger partial charge < -0.3 is 9.84 Å². The highest BCUT2D eigenvalue weighted by Gasteiger charge is 2.14. The van der Waals surface area contributed by atoms with Crippen LogP contribution < -0.4 is 4.74 Å². The Labute approximate surface area is 83.3 Å². The number of aldehydes is 1. The van der Waals surface area contributed by atoms with Crippen LogP contribution in [0.25, 0.3) is 0 Å². The molecule has 1 aromatic rings. The zero-order valence-electron chi connectivity index (χ0n) is 8.57. The lowest BCUT2D eigenvalue weighted by molar-refractivity contribution is 0.112. The third kappa shape index (κ3) is 1.71. The normalized spacial score (nSPS) is 10.3. The summed E-state index contributed by atoms with van der Waals surface area (Å²) in [6, 6.07) is 3.40. The van der Waals surface area contributed by atoms with E-state index in [1.54, 1.807) is 12.1 Å². The lowest BCUT2D eigenvalue weighted by atomic mass is 9.99. The van der Waals surface area contributed by atoms with Gasteiger partial charge >= 0.3 is 0 Å². The van der Waals surface area contributed by atoms with Gasteiger partial charge in [0.15, 0.2) is 17.8 Å². The second-order valence-corrected chi connectivity index (χ2v) is 3.40. The van der Waals surface area contributed by atoms with Gasteiger partial charge in [-0.1, -0.05) is 19.9 Å². The number of hydrogen-bond donors (Lipinski definition) is 1. The fourth-order valence-electron chi connectivity index (χ4n) is 1.37. The summed E-state index contributed by atoms with van der Waals surface area (Å²) in [6.45, 7) is 4.00. The third-order valence-electron chi connectivity index (χ3n) is 2.15. The van der Waals surface area contributed by atoms with Gasteiger partial charge in [-0.3, -0.25) is 4.79 Å². The Morgan fingerprint density at radius 1 is 1.43 bits per heavy atom. The van der Waals surface area contributed by atoms with Crippen molar-refractivity contribution >= 4 is 6.29 Å². The van der Waals surface area contributed by atoms with Gasteiger partial charge in [0.25, 0.3) is 0 Å². The molecule has 0 saturated heterocycles. The molecule has 14 heavy (non-hydrogen) atoms. The molecule has 0 radical (unpaired) electrons. The summed E-state index contributed by atoms with van der Waals surface area (Å²) in [6.07, 6.45) is 0.613. The zero-order valence-corrected chi connectivity index (χ0v) is 8.57. The van der Waals surface area contributed by atoms with Crippen LogP contribution in [0, 0.1) is 0 Å². The summed E-state index contributed by atoms with van der Waals surface area (Å²) in [5, 5.41) is 9.66. The van der Waals surface area contributed by atoms with Crippen LogP contribution in [0.2, 0.25) is 0 Å². The molecule has 0 spiro atoms. The van der Waals surface area contributed by atoms with Gasteiger partial charge in [0.05, 0.1) is 12.7 Å². The van der Waals surface area contributed by atoms with E-state index in [-0.39, 0.29) is 17.2 Å². The molecular formula is C11H14O3. The summed E-state index contributed by atoms with van der Waals surface area (Å²) in [5.74, 6) is 0.565. The fourth-order valence-corrected chi connectivity index (χ4v) is 1.37. The number of carbonyl (C=O) groups excluding carboxylic acids is 1. The van der Waals surface area contributed by atoms with Crippen molar-refractivity contribution in [2.75, 3.05) is 7.11 Å². The smallest absolute Gasteiger partial charge is 0.168 e. The van der Waals surface area contributed by atoms with E-state index in [0.717, 1.165) is 5.56 Å². The Bertz CT molecular complexity index is 343. The lowest BCUT2D eigenvalue weighted by Crippen LogP contribution is -1.96. The van der Waals surface area contributed by atoms with Crippen LogP contribution in [-0.4, -0.2) is 18.5 Å². The van der Waals surface area contributed by atoms with Crippen LogP contribution in [0.3, 0.4) is 0 Å². The molecule has 0 saturated carbocycles. The van der Waals surface area contributed by atoms with Gasteiger partial charge in [-0.15, -0.1) is 0 Å². The lowest BCUT2D eigenvalue weighted by Gasteiger charge is -2.13. The minimum Gasteiger partial charge on any atom is -0.504 e. The van der Waals surface area contributed by atoms with Crippen molar-refractivity contribution in [1.82, 2.24) is 0 Å². The van der Waals surface area contributed by atoms with Crippen molar-refractivity contribution in [3.63, 3.8) is 0 Å². The van der Waals surface area contributed by atoms with Crippen LogP contribution in [0.4, 0.5) is 0 Å². The summed E-state index contributed by atoms with van der Waals surface area (Å²) in [5.41, 5.74) is 1.15. The molecule has 0 aromatic heterocycles. The highest BCUT2D eigenvalue weighted by atomic mass is 16.5. The fraction of sp³-hybridized carbons (Fsp3) is 0.364. The number of phenolic OH excluding ortho intramolecular Hbond substituents is 1. The van der Waals surface area contributed by atoms with Gasteiger partial charge in [0.2, 0.25) is 0 Å². The van der Waals surface area contributed by atoms with Gasteiger partial charge in [-0.05, 0) is 12.0 Å². The van der Waals surface area contributed by atoms with Crippen molar-refractivity contribution in [3.8, 4) is 11.5 Å². The third-order valence-corrected chi connectivity index (χ3v) is 2.15. The minimum atomic E-state index is -0.0753. The maximum Gasteiger partial charge on any atom is 0.168 e. The van der Waals surface area contributed by atoms with Crippen LogP contribution >= 0.6 is 0 Å². The van der Waals surface area contributed by atoms with E-state index in [1.807, 2.05) is 13.8 Å². The number of benzene rings is 1. The van der Waals surface area contributed by atoms with Gasteiger partial charge in [0.1, 0.15) is 0 Å². The Kier molecular flexibility index (Phi) is 3.12. The molecule has 0 aliphatic rings. The summed E-state index contributed by atoms with van der Waals surface area (Å²) >= 11 is 0. The molecule has 0 bridgehead atoms. The largest absolute Gasteiger partial charge is 0.504 e. The summed E-state index contributed by atoms with van der Waals surface area (Å²) in [4.78, 5) is 10.6. The highest BCUT2D eigenvalue weighted by Crippen LogP contribution is 2.36. The van der Waals surface area contributed by atoms with Crippen molar-refractivity contribution in [3.05, 3.63) is 23.3 Å². The molecule has 1 rings (SSSR count). The van der Waals surface area contributed by atoms with E-state index in [4.69, 9.17) is 4.74 Å². The number of phenols is 1. The molecule has 0 unspecified atom stereocenters. The van der Waals surface area contributed by atoms with Crippen molar-refractivity contribution in [2.24, 2.45) is 0 Å². The van der Waals surface area contributed by atoms with Crippen LogP contribution in [0.1, 0.15) is 35.7 Å². The van der Waals surface area contributed by atoms with E-state index in [2.05, 4.69) is 0 Å². The predicted octanol–water partition coefficient (Wildman–Crippen LogP) is 2.34. The quantitative estimate of drug-likeness (QED) is 0.751. The summed E-state index contributed by atoms with van der Waals surface area (Å²) < 4.78 is 5.07. The first-order chi connectivity index (χ1) is 6.61.